The Morgan fingerprint density at radius 1 is 1.69 bits per heavy atom. The van der Waals surface area contributed by atoms with Gasteiger partial charge in [-0.1, -0.05) is 6.92 Å². The first-order valence-electron chi connectivity index (χ1n) is 5.48. The predicted octanol–water partition coefficient (Wildman–Crippen LogP) is 2.07. The summed E-state index contributed by atoms with van der Waals surface area (Å²) in [6.07, 6.45) is 1.22. The fraction of sp³-hybridized carbons (Fsp3) is 0.636. The minimum Gasteiger partial charge on any atom is -0.476 e. The van der Waals surface area contributed by atoms with E-state index in [9.17, 15) is 4.79 Å². The van der Waals surface area contributed by atoms with E-state index in [0.717, 1.165) is 24.7 Å². The van der Waals surface area contributed by atoms with E-state index in [0.29, 0.717) is 6.04 Å². The van der Waals surface area contributed by atoms with Crippen LogP contribution in [0.15, 0.2) is 5.38 Å². The number of carbonyl (C=O) groups is 1. The van der Waals surface area contributed by atoms with Crippen molar-refractivity contribution in [3.05, 3.63) is 16.1 Å². The van der Waals surface area contributed by atoms with Crippen LogP contribution in [0.1, 0.15) is 35.8 Å². The molecule has 16 heavy (non-hydrogen) atoms. The summed E-state index contributed by atoms with van der Waals surface area (Å²) in [7, 11) is 0. The summed E-state index contributed by atoms with van der Waals surface area (Å²) in [4.78, 5) is 17.2. The molecule has 2 atom stereocenters. The second kappa shape index (κ2) is 4.51. The molecule has 2 unspecified atom stereocenters. The molecule has 1 N–H and O–H groups in total. The van der Waals surface area contributed by atoms with E-state index < -0.39 is 5.97 Å². The molecule has 0 radical (unpaired) electrons. The molecule has 1 aromatic heterocycles. The molecule has 1 aliphatic heterocycles. The number of likely N-dealkylation sites (tertiary alicyclic amines) is 1. The quantitative estimate of drug-likeness (QED) is 0.878. The van der Waals surface area contributed by atoms with Crippen molar-refractivity contribution in [1.29, 1.82) is 0 Å². The summed E-state index contributed by atoms with van der Waals surface area (Å²) < 4.78 is 0. The zero-order valence-corrected chi connectivity index (χ0v) is 10.3. The van der Waals surface area contributed by atoms with Crippen molar-refractivity contribution >= 4 is 17.3 Å². The van der Waals surface area contributed by atoms with Gasteiger partial charge in [0.05, 0.1) is 5.69 Å². The molecule has 1 aromatic rings. The average Bonchev–Trinajstić information content (AvgIpc) is 2.75. The lowest BCUT2D eigenvalue weighted by Crippen LogP contribution is -2.26. The van der Waals surface area contributed by atoms with E-state index >= 15 is 0 Å². The standard InChI is InChI=1S/C11H16N2O2S/c1-7-3-8(2)13(4-7)5-9-6-16-10(12-9)11(14)15/h6-8H,3-5H2,1-2H3,(H,14,15). The Labute approximate surface area is 98.9 Å². The Morgan fingerprint density at radius 2 is 2.44 bits per heavy atom. The molecule has 2 heterocycles. The largest absolute Gasteiger partial charge is 0.476 e. The van der Waals surface area contributed by atoms with Gasteiger partial charge in [0, 0.05) is 24.5 Å². The minimum atomic E-state index is -0.931. The molecule has 88 valence electrons. The molecule has 4 nitrogen and oxygen atoms in total. The Balaban J connectivity index is 2.01. The highest BCUT2D eigenvalue weighted by molar-refractivity contribution is 7.11. The average molecular weight is 240 g/mol. The lowest BCUT2D eigenvalue weighted by Gasteiger charge is -2.19. The molecule has 1 saturated heterocycles. The number of aromatic carboxylic acids is 1. The zero-order valence-electron chi connectivity index (χ0n) is 9.51. The molecule has 0 amide bonds. The highest BCUT2D eigenvalue weighted by Crippen LogP contribution is 2.24. The van der Waals surface area contributed by atoms with Crippen molar-refractivity contribution < 1.29 is 9.90 Å². The third kappa shape index (κ3) is 2.41. The van der Waals surface area contributed by atoms with E-state index in [1.807, 2.05) is 5.38 Å². The molecule has 1 aliphatic rings. The van der Waals surface area contributed by atoms with Crippen molar-refractivity contribution in [3.8, 4) is 0 Å². The van der Waals surface area contributed by atoms with Crippen LogP contribution in [0.3, 0.4) is 0 Å². The number of aromatic nitrogens is 1. The molecule has 0 spiro atoms. The van der Waals surface area contributed by atoms with Crippen molar-refractivity contribution in [2.75, 3.05) is 6.54 Å². The van der Waals surface area contributed by atoms with Crippen LogP contribution < -0.4 is 0 Å². The monoisotopic (exact) mass is 240 g/mol. The van der Waals surface area contributed by atoms with Gasteiger partial charge in [-0.3, -0.25) is 4.90 Å². The maximum Gasteiger partial charge on any atom is 0.365 e. The van der Waals surface area contributed by atoms with E-state index in [-0.39, 0.29) is 5.01 Å². The van der Waals surface area contributed by atoms with Gasteiger partial charge in [-0.25, -0.2) is 9.78 Å². The van der Waals surface area contributed by atoms with Gasteiger partial charge in [-0.2, -0.15) is 0 Å². The number of hydrogen-bond donors (Lipinski definition) is 1. The van der Waals surface area contributed by atoms with Crippen molar-refractivity contribution in [2.24, 2.45) is 5.92 Å². The summed E-state index contributed by atoms with van der Waals surface area (Å²) in [5.74, 6) is -0.202. The van der Waals surface area contributed by atoms with Crippen LogP contribution in [-0.2, 0) is 6.54 Å². The molecule has 0 bridgehead atoms. The van der Waals surface area contributed by atoms with E-state index in [1.165, 1.54) is 17.8 Å². The smallest absolute Gasteiger partial charge is 0.365 e. The summed E-state index contributed by atoms with van der Waals surface area (Å²) in [5.41, 5.74) is 0.878. The highest BCUT2D eigenvalue weighted by Gasteiger charge is 2.26. The van der Waals surface area contributed by atoms with Gasteiger partial charge < -0.3 is 5.11 Å². The third-order valence-electron chi connectivity index (χ3n) is 3.01. The SMILES string of the molecule is CC1CC(C)N(Cc2csc(C(=O)O)n2)C1. The maximum atomic E-state index is 10.7. The fourth-order valence-electron chi connectivity index (χ4n) is 2.29. The molecule has 1 fully saturated rings. The number of nitrogens with zero attached hydrogens (tertiary/aromatic N) is 2. The van der Waals surface area contributed by atoms with Gasteiger partial charge in [-0.15, -0.1) is 11.3 Å². The predicted molar refractivity (Wildman–Crippen MR) is 62.7 cm³/mol. The van der Waals surface area contributed by atoms with Gasteiger partial charge in [-0.05, 0) is 19.3 Å². The first kappa shape index (κ1) is 11.5. The lowest BCUT2D eigenvalue weighted by molar-refractivity contribution is 0.0696. The molecule has 2 rings (SSSR count). The van der Waals surface area contributed by atoms with Gasteiger partial charge >= 0.3 is 5.97 Å². The molecule has 0 aromatic carbocycles. The molecule has 5 heteroatoms. The second-order valence-corrected chi connectivity index (χ2v) is 5.43. The Hall–Kier alpha value is -0.940. The van der Waals surface area contributed by atoms with Crippen LogP contribution >= 0.6 is 11.3 Å². The summed E-state index contributed by atoms with van der Waals surface area (Å²) in [6.45, 7) is 6.32. The lowest BCUT2D eigenvalue weighted by atomic mass is 10.1. The Bertz CT molecular complexity index is 391. The summed E-state index contributed by atoms with van der Waals surface area (Å²) in [5, 5.41) is 10.8. The van der Waals surface area contributed by atoms with Crippen LogP contribution in [0.25, 0.3) is 0 Å². The maximum absolute atomic E-state index is 10.7. The Kier molecular flexibility index (Phi) is 3.25. The number of carboxylic acid groups (broad SMARTS) is 1. The van der Waals surface area contributed by atoms with Gasteiger partial charge in [0.2, 0.25) is 5.01 Å². The van der Waals surface area contributed by atoms with Gasteiger partial charge in [0.1, 0.15) is 0 Å². The van der Waals surface area contributed by atoms with Crippen LogP contribution in [0.4, 0.5) is 0 Å². The van der Waals surface area contributed by atoms with Crippen LogP contribution in [0, 0.1) is 5.92 Å². The molecular formula is C11H16N2O2S. The van der Waals surface area contributed by atoms with Crippen LogP contribution in [0.5, 0.6) is 0 Å². The highest BCUT2D eigenvalue weighted by atomic mass is 32.1. The van der Waals surface area contributed by atoms with Crippen LogP contribution in [0.2, 0.25) is 0 Å². The number of carboxylic acids is 1. The minimum absolute atomic E-state index is 0.190. The fourth-order valence-corrected chi connectivity index (χ4v) is 2.94. The van der Waals surface area contributed by atoms with Crippen molar-refractivity contribution in [2.45, 2.75) is 32.9 Å². The second-order valence-electron chi connectivity index (χ2n) is 4.57. The molecule has 0 saturated carbocycles. The third-order valence-corrected chi connectivity index (χ3v) is 3.89. The normalized spacial score (nSPS) is 26.1. The van der Waals surface area contributed by atoms with E-state index in [1.54, 1.807) is 0 Å². The van der Waals surface area contributed by atoms with Gasteiger partial charge in [0.25, 0.3) is 0 Å². The number of hydrogen-bond acceptors (Lipinski definition) is 4. The summed E-state index contributed by atoms with van der Waals surface area (Å²) >= 11 is 1.21. The zero-order chi connectivity index (χ0) is 11.7. The van der Waals surface area contributed by atoms with Crippen LogP contribution in [-0.4, -0.2) is 33.5 Å². The number of thiazole rings is 1. The number of rotatable bonds is 3. The first-order chi connectivity index (χ1) is 7.56. The molecular weight excluding hydrogens is 224 g/mol. The van der Waals surface area contributed by atoms with Gasteiger partial charge in [0.15, 0.2) is 0 Å². The van der Waals surface area contributed by atoms with Crippen molar-refractivity contribution in [1.82, 2.24) is 9.88 Å². The summed E-state index contributed by atoms with van der Waals surface area (Å²) in [6, 6.07) is 0.574. The topological polar surface area (TPSA) is 53.4 Å². The van der Waals surface area contributed by atoms with E-state index in [4.69, 9.17) is 5.11 Å². The Morgan fingerprint density at radius 3 is 2.94 bits per heavy atom. The first-order valence-corrected chi connectivity index (χ1v) is 6.36. The van der Waals surface area contributed by atoms with Crippen molar-refractivity contribution in [3.63, 3.8) is 0 Å². The van der Waals surface area contributed by atoms with E-state index in [2.05, 4.69) is 23.7 Å². The molecule has 0 aliphatic carbocycles.